The highest BCUT2D eigenvalue weighted by Gasteiger charge is 2.13. The minimum Gasteiger partial charge on any atom is -0.384 e. The lowest BCUT2D eigenvalue weighted by molar-refractivity contribution is -0.124. The molecule has 0 saturated carbocycles. The molecule has 20 nitrogen and oxygen atoms in total. The Bertz CT molecular complexity index is 687. The molecule has 0 fully saturated rings. The van der Waals surface area contributed by atoms with Crippen molar-refractivity contribution in [3.63, 3.8) is 0 Å². The highest BCUT2D eigenvalue weighted by atomic mass is 16.7. The van der Waals surface area contributed by atoms with E-state index in [9.17, 15) is 14.4 Å². The van der Waals surface area contributed by atoms with E-state index in [1.165, 1.54) is 4.90 Å². The van der Waals surface area contributed by atoms with Gasteiger partial charge in [0.2, 0.25) is 18.7 Å². The maximum absolute atomic E-state index is 10.9. The number of carbonyl (C=O) groups excluding carboxylic acids is 3. The number of carbonyl (C=O) groups is 3. The molecule has 0 aliphatic rings. The summed E-state index contributed by atoms with van der Waals surface area (Å²) in [5, 5.41) is 11.6. The smallest absolute Gasteiger partial charge is 0.236 e. The topological polar surface area (TPSA) is 216 Å². The minimum absolute atomic E-state index is 0.0731. The Morgan fingerprint density at radius 2 is 1.40 bits per heavy atom. The molecule has 0 aliphatic heterocycles. The Labute approximate surface area is 319 Å². The molecule has 0 aromatic heterocycles. The summed E-state index contributed by atoms with van der Waals surface area (Å²) in [6, 6.07) is 0.342. The van der Waals surface area contributed by atoms with E-state index in [-0.39, 0.29) is 12.5 Å². The van der Waals surface area contributed by atoms with Crippen LogP contribution in [0.5, 0.6) is 0 Å². The van der Waals surface area contributed by atoms with Crippen LogP contribution >= 0.6 is 0 Å². The van der Waals surface area contributed by atoms with Gasteiger partial charge in [-0.05, 0) is 46.1 Å². The second-order valence-corrected chi connectivity index (χ2v) is 11.0. The van der Waals surface area contributed by atoms with Crippen molar-refractivity contribution in [1.82, 2.24) is 47.5 Å². The third kappa shape index (κ3) is 54.3. The van der Waals surface area contributed by atoms with Crippen LogP contribution in [-0.2, 0) is 52.6 Å². The van der Waals surface area contributed by atoms with Gasteiger partial charge in [-0.1, -0.05) is 13.8 Å². The van der Waals surface area contributed by atoms with E-state index in [0.29, 0.717) is 98.0 Å². The predicted molar refractivity (Wildman–Crippen MR) is 204 cm³/mol. The second kappa shape index (κ2) is 52.0. The van der Waals surface area contributed by atoms with Crippen molar-refractivity contribution >= 4 is 18.7 Å². The van der Waals surface area contributed by atoms with E-state index in [2.05, 4.69) is 44.6 Å². The summed E-state index contributed by atoms with van der Waals surface area (Å²) in [5.74, 6) is 0.404. The fraction of sp³-hybridized carbons (Fsp3) is 0.909. The van der Waals surface area contributed by atoms with Crippen molar-refractivity contribution in [2.75, 3.05) is 142 Å². The number of nitrogens with zero attached hydrogens (tertiary/aromatic N) is 2. The Morgan fingerprint density at radius 1 is 0.755 bits per heavy atom. The first-order valence-electron chi connectivity index (χ1n) is 18.0. The summed E-state index contributed by atoms with van der Waals surface area (Å²) in [6.45, 7) is 16.5. The van der Waals surface area contributed by atoms with Gasteiger partial charge in [0.1, 0.15) is 13.5 Å². The van der Waals surface area contributed by atoms with E-state index in [4.69, 9.17) is 38.2 Å². The van der Waals surface area contributed by atoms with Gasteiger partial charge in [-0.2, -0.15) is 5.48 Å². The molecular weight excluding hydrogens is 698 g/mol. The second-order valence-electron chi connectivity index (χ2n) is 11.0. The number of hydrogen-bond acceptors (Lipinski definition) is 17. The fourth-order valence-corrected chi connectivity index (χ4v) is 3.51. The third-order valence-corrected chi connectivity index (χ3v) is 6.09. The zero-order valence-electron chi connectivity index (χ0n) is 34.4. The van der Waals surface area contributed by atoms with Crippen LogP contribution < -0.4 is 37.7 Å². The van der Waals surface area contributed by atoms with Gasteiger partial charge in [-0.3, -0.25) is 25.0 Å². The number of nitrogens with one attached hydrogen (secondary N) is 7. The molecule has 2 atom stereocenters. The molecule has 53 heavy (non-hydrogen) atoms. The van der Waals surface area contributed by atoms with Crippen LogP contribution in [0.25, 0.3) is 0 Å². The quantitative estimate of drug-likeness (QED) is 0.0182. The molecule has 0 aliphatic carbocycles. The van der Waals surface area contributed by atoms with E-state index >= 15 is 0 Å². The number of likely N-dealkylation sites (N-methyl/N-ethyl adjacent to an activating group) is 1. The SMILES string of the molecule is CCCONCC(=O)NC.CCOCNCOCNCOC.CCONCCONCCOC.CNC(CCN(C=O)CN(C)C=O)CC(C)COC. The Balaban J connectivity index is -0.000000312. The molecule has 20 heteroatoms. The molecule has 0 aromatic rings. The Morgan fingerprint density at radius 3 is 1.94 bits per heavy atom. The van der Waals surface area contributed by atoms with E-state index in [1.54, 1.807) is 40.3 Å². The molecule has 0 rings (SSSR count). The lowest BCUT2D eigenvalue weighted by Gasteiger charge is -2.25. The van der Waals surface area contributed by atoms with Crippen molar-refractivity contribution in [1.29, 1.82) is 0 Å². The van der Waals surface area contributed by atoms with Crippen molar-refractivity contribution in [2.24, 2.45) is 5.92 Å². The van der Waals surface area contributed by atoms with E-state index < -0.39 is 0 Å². The zero-order valence-corrected chi connectivity index (χ0v) is 34.4. The van der Waals surface area contributed by atoms with Gasteiger partial charge < -0.3 is 58.6 Å². The summed E-state index contributed by atoms with van der Waals surface area (Å²) >= 11 is 0. The normalized spacial score (nSPS) is 11.4. The molecule has 0 aromatic carbocycles. The highest BCUT2D eigenvalue weighted by Crippen LogP contribution is 2.09. The average Bonchev–Trinajstić information content (AvgIpc) is 3.17. The number of ether oxygens (including phenoxy) is 5. The summed E-state index contributed by atoms with van der Waals surface area (Å²) < 4.78 is 24.8. The first kappa shape index (κ1) is 57.6. The van der Waals surface area contributed by atoms with Crippen LogP contribution in [0.4, 0.5) is 0 Å². The van der Waals surface area contributed by atoms with Gasteiger partial charge in [-0.25, -0.2) is 11.0 Å². The van der Waals surface area contributed by atoms with E-state index in [0.717, 1.165) is 38.9 Å². The van der Waals surface area contributed by atoms with Crippen LogP contribution in [0.1, 0.15) is 47.0 Å². The largest absolute Gasteiger partial charge is 0.384 e. The fourth-order valence-electron chi connectivity index (χ4n) is 3.51. The van der Waals surface area contributed by atoms with Crippen molar-refractivity contribution in [3.05, 3.63) is 0 Å². The first-order chi connectivity index (χ1) is 25.7. The van der Waals surface area contributed by atoms with Gasteiger partial charge in [0.05, 0.1) is 53.1 Å². The zero-order chi connectivity index (χ0) is 40.6. The monoisotopic (exact) mass is 776 g/mol. The van der Waals surface area contributed by atoms with Gasteiger partial charge in [-0.15, -0.1) is 0 Å². The maximum Gasteiger partial charge on any atom is 0.236 e. The third-order valence-electron chi connectivity index (χ3n) is 6.09. The minimum atomic E-state index is -0.0731. The number of rotatable bonds is 35. The molecule has 0 heterocycles. The molecule has 0 saturated heterocycles. The van der Waals surface area contributed by atoms with Gasteiger partial charge in [0, 0.05) is 74.3 Å². The van der Waals surface area contributed by atoms with E-state index in [1.807, 2.05) is 27.8 Å². The number of methoxy groups -OCH3 is 3. The van der Waals surface area contributed by atoms with Gasteiger partial charge >= 0.3 is 0 Å². The predicted octanol–water partition coefficient (Wildman–Crippen LogP) is -0.805. The van der Waals surface area contributed by atoms with Gasteiger partial charge in [0.25, 0.3) is 0 Å². The summed E-state index contributed by atoms with van der Waals surface area (Å²) in [7, 11) is 10.1. The van der Waals surface area contributed by atoms with Crippen LogP contribution in [0.15, 0.2) is 0 Å². The standard InChI is InChI=1S/C13H27N3O3.2C7H18N2O3.C6H14N2O2/c1-12(8-19-4)7-13(14-2)5-6-16(11-18)9-15(3)10-17;1-3-11-5-9-7-12-6-8-4-10-2;1-3-11-8-5-7-12-9-4-6-10-2;1-3-4-10-8-5-6(9)7-2/h10-14H,5-9H2,1-4H3;2*8-9H,3-7H2,1-2H3;8H,3-5H2,1-2H3,(H,7,9). The average molecular weight is 776 g/mol. The number of hydrogen-bond donors (Lipinski definition) is 7. The molecule has 320 valence electrons. The molecule has 7 N–H and O–H groups in total. The Kier molecular flexibility index (Phi) is 56.4. The molecule has 2 unspecified atom stereocenters. The molecular formula is C33H77N9O11. The summed E-state index contributed by atoms with van der Waals surface area (Å²) in [6.07, 6.45) is 4.30. The molecule has 3 amide bonds. The van der Waals surface area contributed by atoms with Crippen molar-refractivity contribution in [3.8, 4) is 0 Å². The molecule has 0 bridgehead atoms. The van der Waals surface area contributed by atoms with Crippen LogP contribution in [0, 0.1) is 5.92 Å². The number of amides is 3. The first-order valence-corrected chi connectivity index (χ1v) is 18.0. The highest BCUT2D eigenvalue weighted by molar-refractivity contribution is 5.77. The van der Waals surface area contributed by atoms with Crippen molar-refractivity contribution in [2.45, 2.75) is 53.0 Å². The van der Waals surface area contributed by atoms with Crippen LogP contribution in [0.2, 0.25) is 0 Å². The number of hydroxylamine groups is 3. The lowest BCUT2D eigenvalue weighted by atomic mass is 10.00. The van der Waals surface area contributed by atoms with Gasteiger partial charge in [0.15, 0.2) is 0 Å². The summed E-state index contributed by atoms with van der Waals surface area (Å²) in [5.41, 5.74) is 8.00. The Hall–Kier alpha value is -2.15. The maximum atomic E-state index is 10.9. The van der Waals surface area contributed by atoms with Crippen LogP contribution in [0.3, 0.4) is 0 Å². The van der Waals surface area contributed by atoms with Crippen molar-refractivity contribution < 1.29 is 52.6 Å². The molecule has 0 radical (unpaired) electrons. The lowest BCUT2D eigenvalue weighted by Crippen LogP contribution is -2.38. The van der Waals surface area contributed by atoms with Crippen LogP contribution in [-0.4, -0.2) is 176 Å². The molecule has 0 spiro atoms. The summed E-state index contributed by atoms with van der Waals surface area (Å²) in [4.78, 5) is 49.7.